The number of rotatable bonds is 4. The highest BCUT2D eigenvalue weighted by molar-refractivity contribution is 7.23. The molecular formula is C66H78N10S4. The minimum Gasteiger partial charge on any atom is -0.312 e. The quantitative estimate of drug-likeness (QED) is 0.169. The third kappa shape index (κ3) is 17.5. The third-order valence-electron chi connectivity index (χ3n) is 11.4. The van der Waals surface area contributed by atoms with Crippen LogP contribution in [0.3, 0.4) is 0 Å². The summed E-state index contributed by atoms with van der Waals surface area (Å²) in [5, 5.41) is 4.23. The lowest BCUT2D eigenvalue weighted by molar-refractivity contribution is 0.505. The fraction of sp³-hybridized carbons (Fsp3) is 0.273. The van der Waals surface area contributed by atoms with Gasteiger partial charge in [0.15, 0.2) is 0 Å². The number of benzene rings is 4. The zero-order chi connectivity index (χ0) is 58.5. The molecule has 0 fully saturated rings. The summed E-state index contributed by atoms with van der Waals surface area (Å²) < 4.78 is 5.14. The van der Waals surface area contributed by atoms with Gasteiger partial charge in [-0.2, -0.15) is 0 Å². The molecule has 80 heavy (non-hydrogen) atoms. The van der Waals surface area contributed by atoms with Crippen molar-refractivity contribution in [3.63, 3.8) is 0 Å². The van der Waals surface area contributed by atoms with Crippen LogP contribution in [0.25, 0.3) is 83.2 Å². The Labute approximate surface area is 491 Å². The van der Waals surface area contributed by atoms with Gasteiger partial charge < -0.3 is 9.80 Å². The summed E-state index contributed by atoms with van der Waals surface area (Å²) >= 11 is 6.98. The largest absolute Gasteiger partial charge is 0.312 e. The van der Waals surface area contributed by atoms with Crippen molar-refractivity contribution in [2.75, 3.05) is 42.3 Å². The Bertz CT molecular complexity index is 3120. The van der Waals surface area contributed by atoms with Gasteiger partial charge in [-0.15, -0.1) is 45.3 Å². The van der Waals surface area contributed by atoms with Crippen LogP contribution in [-0.4, -0.2) is 92.0 Å². The van der Waals surface area contributed by atoms with Crippen LogP contribution in [0, 0.1) is 55.4 Å². The molecule has 0 N–H and O–H groups in total. The van der Waals surface area contributed by atoms with Crippen molar-refractivity contribution in [1.82, 2.24) is 49.7 Å². The van der Waals surface area contributed by atoms with Crippen molar-refractivity contribution in [2.45, 2.75) is 83.1 Å². The molecule has 0 spiro atoms. The van der Waals surface area contributed by atoms with Crippen LogP contribution in [0.5, 0.6) is 0 Å². The molecule has 10 nitrogen and oxygen atoms in total. The number of hydrogen-bond acceptors (Lipinski definition) is 14. The molecule has 12 aromatic rings. The summed E-state index contributed by atoms with van der Waals surface area (Å²) in [6.45, 7) is 25.0. The summed E-state index contributed by atoms with van der Waals surface area (Å²) in [4.78, 5) is 39.3. The van der Waals surface area contributed by atoms with Crippen LogP contribution in [0.4, 0.5) is 0 Å². The van der Waals surface area contributed by atoms with E-state index in [1.807, 2.05) is 129 Å². The molecule has 0 bridgehead atoms. The number of pyridine rings is 4. The molecule has 8 heterocycles. The number of hydrogen-bond donors (Lipinski definition) is 0. The van der Waals surface area contributed by atoms with E-state index in [1.165, 1.54) is 63.3 Å². The monoisotopic (exact) mass is 1140 g/mol. The molecular weight excluding hydrogens is 1060 g/mol. The number of aromatic nitrogens is 8. The Morgan fingerprint density at radius 3 is 0.713 bits per heavy atom. The van der Waals surface area contributed by atoms with Crippen LogP contribution in [0.15, 0.2) is 147 Å². The van der Waals surface area contributed by atoms with Crippen molar-refractivity contribution in [1.29, 1.82) is 0 Å². The van der Waals surface area contributed by atoms with Crippen LogP contribution in [-0.2, 0) is 0 Å². The van der Waals surface area contributed by atoms with Crippen molar-refractivity contribution >= 4 is 86.2 Å². The van der Waals surface area contributed by atoms with E-state index in [-0.39, 0.29) is 0 Å². The predicted molar refractivity (Wildman–Crippen MR) is 351 cm³/mol. The lowest BCUT2D eigenvalue weighted by Gasteiger charge is -1.96. The molecule has 4 aromatic carbocycles. The average molecular weight is 1140 g/mol. The third-order valence-corrected chi connectivity index (χ3v) is 16.4. The summed E-state index contributed by atoms with van der Waals surface area (Å²) in [5.74, 6) is 0. The smallest absolute Gasteiger partial charge is 0.126 e. The Hall–Kier alpha value is -7.04. The van der Waals surface area contributed by atoms with Gasteiger partial charge in [0.25, 0.3) is 0 Å². The molecule has 14 heteroatoms. The van der Waals surface area contributed by atoms with Gasteiger partial charge in [-0.25, -0.2) is 19.9 Å². The fourth-order valence-electron chi connectivity index (χ4n) is 7.50. The molecule has 0 radical (unpaired) electrons. The van der Waals surface area contributed by atoms with E-state index in [2.05, 4.69) is 136 Å². The Morgan fingerprint density at radius 1 is 0.275 bits per heavy atom. The van der Waals surface area contributed by atoms with E-state index in [0.717, 1.165) is 64.4 Å². The van der Waals surface area contributed by atoms with E-state index in [9.17, 15) is 0 Å². The van der Waals surface area contributed by atoms with Gasteiger partial charge in [0.2, 0.25) is 0 Å². The van der Waals surface area contributed by atoms with Gasteiger partial charge in [0.05, 0.1) is 40.9 Å². The first-order valence-electron chi connectivity index (χ1n) is 26.8. The molecule has 0 saturated heterocycles. The Kier molecular flexibility index (Phi) is 25.3. The molecule has 0 saturated carbocycles. The van der Waals surface area contributed by atoms with Gasteiger partial charge in [-0.1, -0.05) is 76.2 Å². The van der Waals surface area contributed by atoms with Crippen molar-refractivity contribution < 1.29 is 0 Å². The first-order chi connectivity index (χ1) is 38.5. The summed E-state index contributed by atoms with van der Waals surface area (Å²) in [6.07, 6.45) is 14.5. The Morgan fingerprint density at radius 2 is 0.500 bits per heavy atom. The normalized spacial score (nSPS) is 10.3. The molecule has 8 aromatic heterocycles. The molecule has 0 unspecified atom stereocenters. The second-order valence-corrected chi connectivity index (χ2v) is 23.2. The molecule has 0 amide bonds. The highest BCUT2D eigenvalue weighted by atomic mass is 32.1. The lowest BCUT2D eigenvalue weighted by atomic mass is 10.1. The maximum absolute atomic E-state index is 4.73. The van der Waals surface area contributed by atoms with Crippen LogP contribution >= 0.6 is 45.3 Å². The van der Waals surface area contributed by atoms with Gasteiger partial charge in [0.1, 0.15) is 20.0 Å². The minimum absolute atomic E-state index is 1.05. The predicted octanol–water partition coefficient (Wildman–Crippen LogP) is 18.3. The molecule has 0 atom stereocenters. The minimum atomic E-state index is 1.05. The van der Waals surface area contributed by atoms with Gasteiger partial charge in [-0.05, 0) is 191 Å². The molecule has 416 valence electrons. The van der Waals surface area contributed by atoms with Gasteiger partial charge in [-0.3, -0.25) is 19.9 Å². The Balaban J connectivity index is 0.000000184. The molecule has 0 aliphatic rings. The number of thiazole rings is 4. The van der Waals surface area contributed by atoms with E-state index < -0.39 is 0 Å². The van der Waals surface area contributed by atoms with Crippen molar-refractivity contribution in [2.24, 2.45) is 0 Å². The highest BCUT2D eigenvalue weighted by Crippen LogP contribution is 2.37. The molecule has 12 rings (SSSR count). The maximum Gasteiger partial charge on any atom is 0.126 e. The number of nitrogens with zero attached hydrogens (tertiary/aromatic N) is 10. The second-order valence-electron chi connectivity index (χ2n) is 19.2. The van der Waals surface area contributed by atoms with Crippen molar-refractivity contribution in [3.8, 4) is 42.3 Å². The summed E-state index contributed by atoms with van der Waals surface area (Å²) in [7, 11) is 12.0. The van der Waals surface area contributed by atoms with Crippen molar-refractivity contribution in [3.05, 3.63) is 191 Å². The first-order valence-corrected chi connectivity index (χ1v) is 30.1. The summed E-state index contributed by atoms with van der Waals surface area (Å²) in [6, 6.07) is 33.2. The fourth-order valence-corrected chi connectivity index (χ4v) is 11.9. The standard InChI is InChI=1S/4C14H12N2S.2C3H9N.2C2H6/c2*1-9-3-4-10(2)13-12(9)16-14(17-13)11-5-7-15-8-6-11;2*1-9-5-6-10(2)13-12(9)16-14(17-13)11-4-3-7-15-8-11;2*1-4(2)3;2*1-2/h4*3-8H,1-2H3;2*1-3H3;2*1-2H3. The second kappa shape index (κ2) is 31.7. The van der Waals surface area contributed by atoms with Gasteiger partial charge >= 0.3 is 0 Å². The molecule has 0 aliphatic heterocycles. The van der Waals surface area contributed by atoms with Crippen LogP contribution in [0.1, 0.15) is 72.2 Å². The van der Waals surface area contributed by atoms with E-state index in [1.54, 1.807) is 82.5 Å². The van der Waals surface area contributed by atoms with E-state index in [0.29, 0.717) is 0 Å². The van der Waals surface area contributed by atoms with Crippen LogP contribution < -0.4 is 0 Å². The number of aryl methyl sites for hydroxylation is 8. The zero-order valence-electron chi connectivity index (χ0n) is 50.0. The average Bonchev–Trinajstić information content (AvgIpc) is 4.33. The zero-order valence-corrected chi connectivity index (χ0v) is 53.2. The topological polar surface area (TPSA) is 110 Å². The number of fused-ring (bicyclic) bond motifs is 4. The van der Waals surface area contributed by atoms with E-state index in [4.69, 9.17) is 19.9 Å². The van der Waals surface area contributed by atoms with E-state index >= 15 is 0 Å². The summed E-state index contributed by atoms with van der Waals surface area (Å²) in [5.41, 5.74) is 19.1. The first kappa shape index (κ1) is 63.8. The highest BCUT2D eigenvalue weighted by Gasteiger charge is 2.13. The van der Waals surface area contributed by atoms with Crippen LogP contribution in [0.2, 0.25) is 0 Å². The lowest BCUT2D eigenvalue weighted by Crippen LogP contribution is -1.99. The van der Waals surface area contributed by atoms with Gasteiger partial charge in [0, 0.05) is 71.8 Å². The SMILES string of the molecule is CC.CC.CN(C)C.CN(C)C.Cc1ccc(C)c2sc(-c3cccnc3)nc12.Cc1ccc(C)c2sc(-c3cccnc3)nc12.Cc1ccc(C)c2sc(-c3ccncc3)nc12.Cc1ccc(C)c2sc(-c3ccncc3)nc12. The maximum atomic E-state index is 4.73. The molecule has 0 aliphatic carbocycles.